The lowest BCUT2D eigenvalue weighted by molar-refractivity contribution is -0.153. The minimum atomic E-state index is -0.795. The summed E-state index contributed by atoms with van der Waals surface area (Å²) in [5.74, 6) is -1.12. The Hall–Kier alpha value is -4.69. The Balaban J connectivity index is 0.000000176. The number of hydrogen-bond acceptors (Lipinski definition) is 12. The Morgan fingerprint density at radius 3 is 1.62 bits per heavy atom. The Bertz CT molecular complexity index is 2470. The zero-order chi connectivity index (χ0) is 51.6. The van der Waals surface area contributed by atoms with Crippen molar-refractivity contribution in [2.75, 3.05) is 6.61 Å². The molecule has 3 aromatic rings. The quantitative estimate of drug-likeness (QED) is 0.148. The molecule has 0 aromatic heterocycles. The molecule has 1 N–H and O–H groups in total. The molecule has 0 bridgehead atoms. The highest BCUT2D eigenvalue weighted by Gasteiger charge is 2.52. The van der Waals surface area contributed by atoms with Crippen LogP contribution < -0.4 is 0 Å². The number of aryl methyl sites for hydroxylation is 4. The summed E-state index contributed by atoms with van der Waals surface area (Å²) in [6.45, 7) is 22.5. The molecule has 3 saturated heterocycles. The maximum atomic E-state index is 13.3. The van der Waals surface area contributed by atoms with Gasteiger partial charge < -0.3 is 43.0 Å². The van der Waals surface area contributed by atoms with Crippen LogP contribution in [0, 0.1) is 39.5 Å². The molecule has 0 radical (unpaired) electrons. The highest BCUT2D eigenvalue weighted by atomic mass is 16.8. The van der Waals surface area contributed by atoms with E-state index in [4.69, 9.17) is 37.9 Å². The van der Waals surface area contributed by atoms with E-state index in [0.29, 0.717) is 47.8 Å². The van der Waals surface area contributed by atoms with Crippen molar-refractivity contribution >= 4 is 17.9 Å². The van der Waals surface area contributed by atoms with Crippen LogP contribution in [0.3, 0.4) is 0 Å². The smallest absolute Gasteiger partial charge is 0.338 e. The van der Waals surface area contributed by atoms with Gasteiger partial charge in [0, 0.05) is 19.4 Å². The predicted octanol–water partition coefficient (Wildman–Crippen LogP) is 11.4. The number of aliphatic hydroxyl groups is 1. The van der Waals surface area contributed by atoms with Gasteiger partial charge in [-0.15, -0.1) is 0 Å². The SMILES string of the molecule is CC1CCCO1.Cc1cc(C)c2c(c1)C1CC1C[C@@H]1OC(C)(C)O[C@@H]1C(O)/C=C\C[C@H](C)OC2=O.Cc1cc(C)c2c(c1)C1CC1C[C@@H]1OC(C)(C)O[C@@H]1C(OC(=O)c1ccccc1)/C=C\C[C@H](C)OC2=O. The molecule has 12 nitrogen and oxygen atoms in total. The van der Waals surface area contributed by atoms with Crippen LogP contribution in [0.4, 0.5) is 0 Å². The second-order valence-electron chi connectivity index (χ2n) is 22.4. The largest absolute Gasteiger partial charge is 0.459 e. The molecule has 2 aliphatic carbocycles. The number of carbonyl (C=O) groups is 3. The molecule has 2 saturated carbocycles. The van der Waals surface area contributed by atoms with Gasteiger partial charge in [-0.25, -0.2) is 14.4 Å². The van der Waals surface area contributed by atoms with Crippen molar-refractivity contribution < 1.29 is 57.4 Å². The molecule has 390 valence electrons. The van der Waals surface area contributed by atoms with Crippen molar-refractivity contribution in [2.24, 2.45) is 11.8 Å². The summed E-state index contributed by atoms with van der Waals surface area (Å²) in [6.07, 6.45) is 11.8. The number of aliphatic hydroxyl groups excluding tert-OH is 1. The summed E-state index contributed by atoms with van der Waals surface area (Å²) in [4.78, 5) is 39.2. The predicted molar refractivity (Wildman–Crippen MR) is 274 cm³/mol. The number of esters is 3. The summed E-state index contributed by atoms with van der Waals surface area (Å²) >= 11 is 0. The molecule has 0 amide bonds. The van der Waals surface area contributed by atoms with E-state index in [0.717, 1.165) is 71.2 Å². The molecular weight excluding hydrogens is 913 g/mol. The fourth-order valence-corrected chi connectivity index (χ4v) is 11.4. The van der Waals surface area contributed by atoms with E-state index in [2.05, 4.69) is 32.9 Å². The Morgan fingerprint density at radius 2 is 1.14 bits per heavy atom. The van der Waals surface area contributed by atoms with Gasteiger partial charge in [0.25, 0.3) is 0 Å². The molecule has 0 spiro atoms. The maximum absolute atomic E-state index is 13.3. The van der Waals surface area contributed by atoms with E-state index < -0.39 is 35.9 Å². The lowest BCUT2D eigenvalue weighted by atomic mass is 9.93. The molecule has 5 fully saturated rings. The van der Waals surface area contributed by atoms with Gasteiger partial charge in [-0.3, -0.25) is 0 Å². The van der Waals surface area contributed by atoms with Crippen molar-refractivity contribution in [2.45, 2.75) is 206 Å². The Labute approximate surface area is 427 Å². The first-order chi connectivity index (χ1) is 34.1. The van der Waals surface area contributed by atoms with Crippen LogP contribution in [-0.2, 0) is 37.9 Å². The number of rotatable bonds is 2. The van der Waals surface area contributed by atoms with Gasteiger partial charge in [-0.05, 0) is 179 Å². The molecule has 7 aliphatic rings. The van der Waals surface area contributed by atoms with Gasteiger partial charge in [0.2, 0.25) is 0 Å². The third kappa shape index (κ3) is 13.3. The maximum Gasteiger partial charge on any atom is 0.338 e. The van der Waals surface area contributed by atoms with E-state index in [1.54, 1.807) is 18.2 Å². The van der Waals surface area contributed by atoms with Gasteiger partial charge in [0.15, 0.2) is 11.6 Å². The number of fused-ring (bicyclic) bond motifs is 8. The number of carbonyl (C=O) groups excluding carboxylic acids is 3. The van der Waals surface area contributed by atoms with Crippen LogP contribution in [-0.4, -0.2) is 96.1 Å². The molecule has 10 rings (SSSR count). The molecular formula is C60H78O12. The minimum absolute atomic E-state index is 0.165. The topological polar surface area (TPSA) is 145 Å². The van der Waals surface area contributed by atoms with Gasteiger partial charge >= 0.3 is 17.9 Å². The summed E-state index contributed by atoms with van der Waals surface area (Å²) in [6, 6.07) is 17.3. The van der Waals surface area contributed by atoms with Crippen molar-refractivity contribution in [3.63, 3.8) is 0 Å². The normalized spacial score (nSPS) is 34.2. The van der Waals surface area contributed by atoms with Crippen LogP contribution in [0.5, 0.6) is 0 Å². The second-order valence-corrected chi connectivity index (χ2v) is 22.4. The van der Waals surface area contributed by atoms with Gasteiger partial charge in [-0.1, -0.05) is 71.8 Å². The summed E-state index contributed by atoms with van der Waals surface area (Å²) < 4.78 is 47.6. The van der Waals surface area contributed by atoms with Gasteiger partial charge in [-0.2, -0.15) is 0 Å². The molecule has 12 heteroatoms. The Kier molecular flexibility index (Phi) is 16.7. The van der Waals surface area contributed by atoms with Crippen LogP contribution in [0.15, 0.2) is 78.9 Å². The lowest BCUT2D eigenvalue weighted by Gasteiger charge is -2.25. The van der Waals surface area contributed by atoms with E-state index in [9.17, 15) is 19.5 Å². The standard InChI is InChI=1S/C31H36O6.C24H32O5.C5H10O/c1-18-14-19(2)27-24(15-18)23-16-22(23)17-26-28(37-31(4,5)36-26)25(13-9-10-20(3)34-30(27)33)35-29(32)21-11-7-6-8-12-21;1-13-9-14(2)21-18(10-13)17-11-16(17)12-20-22(29-24(4,5)28-20)19(25)8-6-7-15(3)27-23(21)26;1-5-3-2-4-6-5/h6-9,11-15,20,22-23,25-26,28H,10,16-17H2,1-5H3;6,8-10,15-17,19-20,22,25H,7,11-12H2,1-5H3;5H,2-4H2,1H3/b13-9-;8-6-;/t20-,22?,23?,25?,26-,28+;15-,16?,17?,19?,20-,22+;/m00./s1. The first-order valence-electron chi connectivity index (χ1n) is 26.4. The fraction of sp³-hybridized carbons (Fsp3) is 0.583. The van der Waals surface area contributed by atoms with E-state index in [-0.39, 0.29) is 48.4 Å². The summed E-state index contributed by atoms with van der Waals surface area (Å²) in [5, 5.41) is 10.7. The average molecular weight is 991 g/mol. The monoisotopic (exact) mass is 991 g/mol. The number of cyclic esters (lactones) is 2. The van der Waals surface area contributed by atoms with Gasteiger partial charge in [0.05, 0.1) is 35.0 Å². The summed E-state index contributed by atoms with van der Waals surface area (Å²) in [7, 11) is 0. The molecule has 13 atom stereocenters. The lowest BCUT2D eigenvalue weighted by Crippen LogP contribution is -2.38. The second kappa shape index (κ2) is 22.4. The van der Waals surface area contributed by atoms with Crippen LogP contribution in [0.2, 0.25) is 0 Å². The van der Waals surface area contributed by atoms with Crippen LogP contribution in [0.1, 0.15) is 176 Å². The molecule has 3 aromatic carbocycles. The van der Waals surface area contributed by atoms with Crippen LogP contribution >= 0.6 is 0 Å². The summed E-state index contributed by atoms with van der Waals surface area (Å²) in [5.41, 5.74) is 8.27. The van der Waals surface area contributed by atoms with Crippen LogP contribution in [0.25, 0.3) is 0 Å². The molecule has 5 heterocycles. The number of ether oxygens (including phenoxy) is 8. The fourth-order valence-electron chi connectivity index (χ4n) is 11.4. The first-order valence-corrected chi connectivity index (χ1v) is 26.4. The highest BCUT2D eigenvalue weighted by Crippen LogP contribution is 2.55. The van der Waals surface area contributed by atoms with E-state index >= 15 is 0 Å². The van der Waals surface area contributed by atoms with Crippen molar-refractivity contribution in [1.29, 1.82) is 0 Å². The zero-order valence-electron chi connectivity index (χ0n) is 44.3. The number of hydrogen-bond donors (Lipinski definition) is 1. The highest BCUT2D eigenvalue weighted by molar-refractivity contribution is 5.94. The average Bonchev–Trinajstić information content (AvgIpc) is 4.12. The minimum Gasteiger partial charge on any atom is -0.459 e. The number of benzene rings is 3. The third-order valence-electron chi connectivity index (χ3n) is 14.9. The molecule has 7 unspecified atom stereocenters. The third-order valence-corrected chi connectivity index (χ3v) is 14.9. The first kappa shape index (κ1) is 53.6. The molecule has 5 aliphatic heterocycles. The van der Waals surface area contributed by atoms with Crippen molar-refractivity contribution in [3.8, 4) is 0 Å². The van der Waals surface area contributed by atoms with E-state index in [1.807, 2.05) is 104 Å². The Morgan fingerprint density at radius 1 is 0.639 bits per heavy atom. The van der Waals surface area contributed by atoms with E-state index in [1.165, 1.54) is 12.8 Å². The molecule has 72 heavy (non-hydrogen) atoms. The van der Waals surface area contributed by atoms with Crippen molar-refractivity contribution in [3.05, 3.63) is 129 Å². The zero-order valence-corrected chi connectivity index (χ0v) is 44.3. The van der Waals surface area contributed by atoms with Gasteiger partial charge in [0.1, 0.15) is 36.6 Å². The van der Waals surface area contributed by atoms with Crippen molar-refractivity contribution in [1.82, 2.24) is 0 Å².